The minimum Gasteiger partial charge on any atom is -0.380 e. The Morgan fingerprint density at radius 3 is 2.95 bits per heavy atom. The van der Waals surface area contributed by atoms with E-state index in [1.165, 1.54) is 17.9 Å². The van der Waals surface area contributed by atoms with E-state index >= 15 is 0 Å². The van der Waals surface area contributed by atoms with E-state index in [0.717, 1.165) is 12.1 Å². The summed E-state index contributed by atoms with van der Waals surface area (Å²) < 4.78 is 0. The summed E-state index contributed by atoms with van der Waals surface area (Å²) >= 11 is 2.00. The van der Waals surface area contributed by atoms with E-state index in [1.807, 2.05) is 30.8 Å². The second-order valence-electron chi connectivity index (χ2n) is 5.07. The highest BCUT2D eigenvalue weighted by atomic mass is 32.2. The lowest BCUT2D eigenvalue weighted by Crippen LogP contribution is -2.30. The molecule has 1 aliphatic rings. The molecule has 1 heterocycles. The summed E-state index contributed by atoms with van der Waals surface area (Å²) in [4.78, 5) is 13.0. The maximum absolute atomic E-state index is 11.0. The molecule has 0 bridgehead atoms. The van der Waals surface area contributed by atoms with Crippen molar-refractivity contribution in [2.75, 3.05) is 30.4 Å². The van der Waals surface area contributed by atoms with Crippen LogP contribution in [0.1, 0.15) is 18.9 Å². The highest BCUT2D eigenvalue weighted by Gasteiger charge is 2.21. The Kier molecular flexibility index (Phi) is 5.25. The summed E-state index contributed by atoms with van der Waals surface area (Å²) in [5, 5.41) is 14.1. The summed E-state index contributed by atoms with van der Waals surface area (Å²) in [6, 6.07) is 5.99. The molecule has 0 aliphatic carbocycles. The van der Waals surface area contributed by atoms with Crippen molar-refractivity contribution in [3.63, 3.8) is 0 Å². The Bertz CT molecular complexity index is 475. The van der Waals surface area contributed by atoms with Crippen molar-refractivity contribution in [3.05, 3.63) is 33.9 Å². The number of nitro groups is 1. The number of nitrogens with zero attached hydrogens (tertiary/aromatic N) is 2. The summed E-state index contributed by atoms with van der Waals surface area (Å²) in [6.45, 7) is 3.46. The molecule has 0 saturated carbocycles. The highest BCUT2D eigenvalue weighted by molar-refractivity contribution is 7.99. The number of hydrogen-bond donors (Lipinski definition) is 1. The smallest absolute Gasteiger partial charge is 0.292 e. The van der Waals surface area contributed by atoms with Gasteiger partial charge in [-0.2, -0.15) is 11.8 Å². The van der Waals surface area contributed by atoms with Gasteiger partial charge >= 0.3 is 0 Å². The lowest BCUT2D eigenvalue weighted by molar-refractivity contribution is -0.384. The fraction of sp³-hybridized carbons (Fsp3) is 0.571. The second-order valence-corrected chi connectivity index (χ2v) is 6.22. The normalized spacial score (nSPS) is 18.4. The quantitative estimate of drug-likeness (QED) is 0.646. The van der Waals surface area contributed by atoms with Gasteiger partial charge in [0.15, 0.2) is 0 Å². The zero-order chi connectivity index (χ0) is 14.5. The Labute approximate surface area is 123 Å². The topological polar surface area (TPSA) is 58.4 Å². The van der Waals surface area contributed by atoms with Crippen LogP contribution in [-0.4, -0.2) is 41.0 Å². The molecular formula is C14H21N3O2S. The van der Waals surface area contributed by atoms with Gasteiger partial charge in [-0.1, -0.05) is 6.07 Å². The summed E-state index contributed by atoms with van der Waals surface area (Å²) in [5.74, 6) is 2.42. The Morgan fingerprint density at radius 2 is 2.35 bits per heavy atom. The minimum atomic E-state index is -0.334. The first-order chi connectivity index (χ1) is 9.61. The molecule has 1 atom stereocenters. The molecule has 1 aliphatic heterocycles. The SMILES string of the molecule is CCNc1cc(CN(C)C2CCSC2)ccc1[N+](=O)[O-]. The van der Waals surface area contributed by atoms with Crippen LogP contribution in [0.5, 0.6) is 0 Å². The van der Waals surface area contributed by atoms with Crippen LogP contribution >= 0.6 is 11.8 Å². The molecule has 1 N–H and O–H groups in total. The van der Waals surface area contributed by atoms with Crippen LogP contribution in [0.2, 0.25) is 0 Å². The molecule has 1 saturated heterocycles. The lowest BCUT2D eigenvalue weighted by atomic mass is 10.1. The third kappa shape index (κ3) is 3.64. The molecule has 1 unspecified atom stereocenters. The highest BCUT2D eigenvalue weighted by Crippen LogP contribution is 2.27. The van der Waals surface area contributed by atoms with Crippen molar-refractivity contribution in [2.24, 2.45) is 0 Å². The van der Waals surface area contributed by atoms with E-state index in [2.05, 4.69) is 17.3 Å². The first-order valence-corrected chi connectivity index (χ1v) is 8.06. The van der Waals surface area contributed by atoms with Crippen molar-refractivity contribution in [1.82, 2.24) is 4.90 Å². The largest absolute Gasteiger partial charge is 0.380 e. The van der Waals surface area contributed by atoms with E-state index in [9.17, 15) is 10.1 Å². The summed E-state index contributed by atoms with van der Waals surface area (Å²) in [7, 11) is 2.13. The lowest BCUT2D eigenvalue weighted by Gasteiger charge is -2.23. The molecule has 20 heavy (non-hydrogen) atoms. The number of nitrogens with one attached hydrogen (secondary N) is 1. The van der Waals surface area contributed by atoms with E-state index in [0.29, 0.717) is 18.3 Å². The van der Waals surface area contributed by atoms with Gasteiger partial charge in [0.05, 0.1) is 4.92 Å². The number of anilines is 1. The second kappa shape index (κ2) is 6.95. The molecule has 0 aromatic heterocycles. The van der Waals surface area contributed by atoms with E-state index in [-0.39, 0.29) is 10.6 Å². The molecule has 0 spiro atoms. The standard InChI is InChI=1S/C14H21N3O2S/c1-3-15-13-8-11(4-5-14(13)17(18)19)9-16(2)12-6-7-20-10-12/h4-5,8,12,15H,3,6-7,9-10H2,1-2H3. The molecule has 1 fully saturated rings. The van der Waals surface area contributed by atoms with Gasteiger partial charge < -0.3 is 5.32 Å². The average molecular weight is 295 g/mol. The number of nitro benzene ring substituents is 1. The maximum Gasteiger partial charge on any atom is 0.292 e. The van der Waals surface area contributed by atoms with Crippen molar-refractivity contribution in [3.8, 4) is 0 Å². The van der Waals surface area contributed by atoms with Gasteiger partial charge in [0.25, 0.3) is 5.69 Å². The number of hydrogen-bond acceptors (Lipinski definition) is 5. The van der Waals surface area contributed by atoms with Gasteiger partial charge in [-0.25, -0.2) is 0 Å². The molecule has 5 nitrogen and oxygen atoms in total. The molecule has 0 radical (unpaired) electrons. The number of rotatable bonds is 6. The Balaban J connectivity index is 2.11. The summed E-state index contributed by atoms with van der Waals surface area (Å²) in [6.07, 6.45) is 1.23. The van der Waals surface area contributed by atoms with Crippen LogP contribution in [0, 0.1) is 10.1 Å². The average Bonchev–Trinajstić information content (AvgIpc) is 2.93. The van der Waals surface area contributed by atoms with Crippen LogP contribution in [0.15, 0.2) is 18.2 Å². The Hall–Kier alpha value is -1.27. The van der Waals surface area contributed by atoms with Crippen LogP contribution in [0.3, 0.4) is 0 Å². The zero-order valence-corrected chi connectivity index (χ0v) is 12.8. The monoisotopic (exact) mass is 295 g/mol. The fourth-order valence-electron chi connectivity index (χ4n) is 2.46. The third-order valence-corrected chi connectivity index (χ3v) is 4.73. The van der Waals surface area contributed by atoms with Crippen LogP contribution in [0.4, 0.5) is 11.4 Å². The van der Waals surface area contributed by atoms with E-state index in [4.69, 9.17) is 0 Å². The first-order valence-electron chi connectivity index (χ1n) is 6.91. The van der Waals surface area contributed by atoms with Gasteiger partial charge in [0.1, 0.15) is 5.69 Å². The summed E-state index contributed by atoms with van der Waals surface area (Å²) in [5.41, 5.74) is 1.88. The van der Waals surface area contributed by atoms with Gasteiger partial charge in [-0.3, -0.25) is 15.0 Å². The molecule has 1 aromatic rings. The number of thioether (sulfide) groups is 1. The van der Waals surface area contributed by atoms with Crippen molar-refractivity contribution in [1.29, 1.82) is 0 Å². The minimum absolute atomic E-state index is 0.148. The molecule has 0 amide bonds. The van der Waals surface area contributed by atoms with Crippen LogP contribution < -0.4 is 5.32 Å². The molecule has 2 rings (SSSR count). The van der Waals surface area contributed by atoms with Crippen molar-refractivity contribution >= 4 is 23.1 Å². The number of benzene rings is 1. The van der Waals surface area contributed by atoms with Crippen molar-refractivity contribution in [2.45, 2.75) is 25.9 Å². The van der Waals surface area contributed by atoms with Gasteiger partial charge in [0, 0.05) is 31.0 Å². The molecular weight excluding hydrogens is 274 g/mol. The maximum atomic E-state index is 11.0. The van der Waals surface area contributed by atoms with Crippen LogP contribution in [-0.2, 0) is 6.54 Å². The van der Waals surface area contributed by atoms with Gasteiger partial charge in [-0.15, -0.1) is 0 Å². The van der Waals surface area contributed by atoms with Crippen molar-refractivity contribution < 1.29 is 4.92 Å². The molecule has 1 aromatic carbocycles. The van der Waals surface area contributed by atoms with Gasteiger partial charge in [-0.05, 0) is 37.8 Å². The van der Waals surface area contributed by atoms with Crippen LogP contribution in [0.25, 0.3) is 0 Å². The zero-order valence-electron chi connectivity index (χ0n) is 12.0. The predicted molar refractivity (Wildman–Crippen MR) is 84.5 cm³/mol. The van der Waals surface area contributed by atoms with E-state index < -0.39 is 0 Å². The fourth-order valence-corrected chi connectivity index (χ4v) is 3.76. The molecule has 110 valence electrons. The van der Waals surface area contributed by atoms with Gasteiger partial charge in [0.2, 0.25) is 0 Å². The molecule has 6 heteroatoms. The third-order valence-electron chi connectivity index (χ3n) is 3.59. The Morgan fingerprint density at radius 1 is 1.55 bits per heavy atom. The first kappa shape index (κ1) is 15.1. The predicted octanol–water partition coefficient (Wildman–Crippen LogP) is 2.96. The van der Waals surface area contributed by atoms with E-state index in [1.54, 1.807) is 6.07 Å².